The third-order valence-electron chi connectivity index (χ3n) is 3.11. The summed E-state index contributed by atoms with van der Waals surface area (Å²) in [5.74, 6) is 0.0439. The summed E-state index contributed by atoms with van der Waals surface area (Å²) in [6.45, 7) is 2.13. The van der Waals surface area contributed by atoms with E-state index in [1.807, 2.05) is 35.7 Å². The van der Waals surface area contributed by atoms with Crippen LogP contribution in [0.5, 0.6) is 0 Å². The number of rotatable bonds is 6. The summed E-state index contributed by atoms with van der Waals surface area (Å²) in [5.41, 5.74) is 7.37. The molecule has 2 rings (SSSR count). The molecule has 4 heteroatoms. The van der Waals surface area contributed by atoms with Gasteiger partial charge in [-0.2, -0.15) is 0 Å². The van der Waals surface area contributed by atoms with Gasteiger partial charge < -0.3 is 11.1 Å². The summed E-state index contributed by atoms with van der Waals surface area (Å²) in [6, 6.07) is 11.7. The lowest BCUT2D eigenvalue weighted by Crippen LogP contribution is -2.29. The minimum absolute atomic E-state index is 0.0439. The van der Waals surface area contributed by atoms with Crippen molar-refractivity contribution < 1.29 is 4.79 Å². The molecule has 1 unspecified atom stereocenters. The zero-order valence-corrected chi connectivity index (χ0v) is 12.5. The molecule has 0 fully saturated rings. The molecule has 1 atom stereocenters. The summed E-state index contributed by atoms with van der Waals surface area (Å²) in [6.07, 6.45) is 2.38. The number of anilines is 1. The Bertz CT molecular complexity index is 551. The second-order valence-electron chi connectivity index (χ2n) is 4.85. The Hall–Kier alpha value is -1.81. The summed E-state index contributed by atoms with van der Waals surface area (Å²) in [4.78, 5) is 13.4. The fourth-order valence-electron chi connectivity index (χ4n) is 2.20. The molecule has 0 aliphatic carbocycles. The lowest BCUT2D eigenvalue weighted by molar-refractivity contribution is -0.121. The summed E-state index contributed by atoms with van der Waals surface area (Å²) in [7, 11) is 0. The number of carbonyl (C=O) groups excluding carboxylic acids is 1. The van der Waals surface area contributed by atoms with Crippen LogP contribution in [0.15, 0.2) is 41.8 Å². The molecule has 3 nitrogen and oxygen atoms in total. The predicted molar refractivity (Wildman–Crippen MR) is 84.7 cm³/mol. The molecule has 1 aromatic heterocycles. The number of hydrogen-bond donors (Lipinski definition) is 2. The lowest BCUT2D eigenvalue weighted by atomic mass is 10.1. The molecule has 0 aliphatic heterocycles. The number of hydrogen-bond acceptors (Lipinski definition) is 3. The molecule has 0 aliphatic rings. The van der Waals surface area contributed by atoms with Crippen molar-refractivity contribution in [3.05, 3.63) is 52.2 Å². The lowest BCUT2D eigenvalue weighted by Gasteiger charge is -2.16. The van der Waals surface area contributed by atoms with E-state index in [4.69, 9.17) is 5.73 Å². The van der Waals surface area contributed by atoms with E-state index in [9.17, 15) is 4.79 Å². The van der Waals surface area contributed by atoms with E-state index >= 15 is 0 Å². The van der Waals surface area contributed by atoms with Crippen molar-refractivity contribution in [2.24, 2.45) is 0 Å². The van der Waals surface area contributed by atoms with Crippen molar-refractivity contribution in [1.29, 1.82) is 0 Å². The Kier molecular flexibility index (Phi) is 5.18. The molecule has 0 spiro atoms. The highest BCUT2D eigenvalue weighted by atomic mass is 32.1. The molecule has 0 bridgehead atoms. The van der Waals surface area contributed by atoms with Gasteiger partial charge in [0.15, 0.2) is 0 Å². The van der Waals surface area contributed by atoms with Gasteiger partial charge in [-0.05, 0) is 35.6 Å². The Balaban J connectivity index is 1.98. The maximum Gasteiger partial charge on any atom is 0.224 e. The topological polar surface area (TPSA) is 55.1 Å². The molecule has 0 radical (unpaired) electrons. The standard InChI is InChI=1S/C16H20N2OS/c1-2-5-14(15-8-4-9-20-15)18-16(19)11-12-6-3-7-13(17)10-12/h3-4,6-10,14H,2,5,11,17H2,1H3,(H,18,19). The van der Waals surface area contributed by atoms with E-state index in [0.717, 1.165) is 18.4 Å². The van der Waals surface area contributed by atoms with Crippen molar-refractivity contribution >= 4 is 22.9 Å². The van der Waals surface area contributed by atoms with Crippen LogP contribution in [0.1, 0.15) is 36.2 Å². The zero-order chi connectivity index (χ0) is 14.4. The van der Waals surface area contributed by atoms with Crippen molar-refractivity contribution in [2.45, 2.75) is 32.2 Å². The number of benzene rings is 1. The summed E-state index contributed by atoms with van der Waals surface area (Å²) < 4.78 is 0. The summed E-state index contributed by atoms with van der Waals surface area (Å²) >= 11 is 1.69. The van der Waals surface area contributed by atoms with Gasteiger partial charge in [-0.1, -0.05) is 31.5 Å². The third-order valence-corrected chi connectivity index (χ3v) is 4.10. The molecule has 106 valence electrons. The van der Waals surface area contributed by atoms with Gasteiger partial charge in [0.25, 0.3) is 0 Å². The summed E-state index contributed by atoms with van der Waals surface area (Å²) in [5, 5.41) is 5.16. The number of nitrogens with one attached hydrogen (secondary N) is 1. The van der Waals surface area contributed by atoms with Crippen molar-refractivity contribution in [2.75, 3.05) is 5.73 Å². The van der Waals surface area contributed by atoms with Crippen LogP contribution < -0.4 is 11.1 Å². The van der Waals surface area contributed by atoms with Crippen LogP contribution in [0.25, 0.3) is 0 Å². The van der Waals surface area contributed by atoms with Crippen LogP contribution >= 0.6 is 11.3 Å². The van der Waals surface area contributed by atoms with Crippen LogP contribution in [0, 0.1) is 0 Å². The number of thiophene rings is 1. The molecular weight excluding hydrogens is 268 g/mol. The van der Waals surface area contributed by atoms with Crippen molar-refractivity contribution in [3.8, 4) is 0 Å². The van der Waals surface area contributed by atoms with Crippen LogP contribution in [0.3, 0.4) is 0 Å². The molecule has 20 heavy (non-hydrogen) atoms. The first-order valence-electron chi connectivity index (χ1n) is 6.86. The number of carbonyl (C=O) groups is 1. The van der Waals surface area contributed by atoms with Crippen LogP contribution in [0.2, 0.25) is 0 Å². The van der Waals surface area contributed by atoms with Gasteiger partial charge >= 0.3 is 0 Å². The van der Waals surface area contributed by atoms with E-state index < -0.39 is 0 Å². The number of nitrogen functional groups attached to an aromatic ring is 1. The van der Waals surface area contributed by atoms with E-state index in [0.29, 0.717) is 12.1 Å². The molecule has 1 amide bonds. The fourth-order valence-corrected chi connectivity index (χ4v) is 3.01. The highest BCUT2D eigenvalue weighted by molar-refractivity contribution is 7.10. The van der Waals surface area contributed by atoms with Gasteiger partial charge in [0, 0.05) is 10.6 Å². The molecule has 0 saturated heterocycles. The number of nitrogens with two attached hydrogens (primary N) is 1. The van der Waals surface area contributed by atoms with E-state index in [1.54, 1.807) is 11.3 Å². The minimum Gasteiger partial charge on any atom is -0.399 e. The molecule has 0 saturated carbocycles. The Morgan fingerprint density at radius 3 is 2.85 bits per heavy atom. The van der Waals surface area contributed by atoms with E-state index in [-0.39, 0.29) is 11.9 Å². The van der Waals surface area contributed by atoms with Crippen LogP contribution in [-0.4, -0.2) is 5.91 Å². The monoisotopic (exact) mass is 288 g/mol. The molecule has 1 aromatic carbocycles. The highest BCUT2D eigenvalue weighted by Crippen LogP contribution is 2.23. The highest BCUT2D eigenvalue weighted by Gasteiger charge is 2.14. The molecule has 2 aromatic rings. The van der Waals surface area contributed by atoms with Gasteiger partial charge in [0.2, 0.25) is 5.91 Å². The normalized spacial score (nSPS) is 12.1. The van der Waals surface area contributed by atoms with Crippen LogP contribution in [0.4, 0.5) is 5.69 Å². The maximum atomic E-state index is 12.2. The fraction of sp³-hybridized carbons (Fsp3) is 0.312. The van der Waals surface area contributed by atoms with Crippen LogP contribution in [-0.2, 0) is 11.2 Å². The maximum absolute atomic E-state index is 12.2. The van der Waals surface area contributed by atoms with Gasteiger partial charge in [-0.25, -0.2) is 0 Å². The first kappa shape index (κ1) is 14.6. The first-order chi connectivity index (χ1) is 9.69. The Morgan fingerprint density at radius 2 is 2.20 bits per heavy atom. The van der Waals surface area contributed by atoms with Gasteiger partial charge in [0.1, 0.15) is 0 Å². The van der Waals surface area contributed by atoms with Gasteiger partial charge in [0.05, 0.1) is 12.5 Å². The van der Waals surface area contributed by atoms with Gasteiger partial charge in [-0.3, -0.25) is 4.79 Å². The molecule has 1 heterocycles. The van der Waals surface area contributed by atoms with Crippen molar-refractivity contribution in [1.82, 2.24) is 5.32 Å². The smallest absolute Gasteiger partial charge is 0.224 e. The Morgan fingerprint density at radius 1 is 1.35 bits per heavy atom. The second kappa shape index (κ2) is 7.10. The quantitative estimate of drug-likeness (QED) is 0.799. The average molecular weight is 288 g/mol. The molecule has 3 N–H and O–H groups in total. The van der Waals surface area contributed by atoms with Gasteiger partial charge in [-0.15, -0.1) is 11.3 Å². The predicted octanol–water partition coefficient (Wildman–Crippen LogP) is 3.53. The minimum atomic E-state index is 0.0439. The number of amides is 1. The molecular formula is C16H20N2OS. The van der Waals surface area contributed by atoms with Crippen molar-refractivity contribution in [3.63, 3.8) is 0 Å². The third kappa shape index (κ3) is 4.10. The van der Waals surface area contributed by atoms with E-state index in [1.165, 1.54) is 4.88 Å². The zero-order valence-electron chi connectivity index (χ0n) is 11.6. The average Bonchev–Trinajstić information content (AvgIpc) is 2.92. The largest absolute Gasteiger partial charge is 0.399 e. The Labute approximate surface area is 123 Å². The second-order valence-corrected chi connectivity index (χ2v) is 5.83. The van der Waals surface area contributed by atoms with E-state index in [2.05, 4.69) is 18.3 Å². The first-order valence-corrected chi connectivity index (χ1v) is 7.74. The SMILES string of the molecule is CCCC(NC(=O)Cc1cccc(N)c1)c1cccs1.